The van der Waals surface area contributed by atoms with Gasteiger partial charge in [-0.2, -0.15) is 0 Å². The van der Waals surface area contributed by atoms with Crippen LogP contribution in [0.2, 0.25) is 0 Å². The summed E-state index contributed by atoms with van der Waals surface area (Å²) >= 11 is 0. The molecule has 5 heteroatoms. The summed E-state index contributed by atoms with van der Waals surface area (Å²) in [5.74, 6) is -0.650. The minimum absolute atomic E-state index is 0.427. The third kappa shape index (κ3) is 1.99. The average Bonchev–Trinajstić information content (AvgIpc) is 2.72. The number of aromatic amines is 1. The molecule has 1 aromatic carbocycles. The highest BCUT2D eigenvalue weighted by Gasteiger charge is 2.22. The number of fused-ring (bicyclic) bond motifs is 1. The zero-order valence-electron chi connectivity index (χ0n) is 9.18. The van der Waals surface area contributed by atoms with Crippen LogP contribution in [-0.2, 0) is 9.59 Å². The summed E-state index contributed by atoms with van der Waals surface area (Å²) < 4.78 is 0. The lowest BCUT2D eigenvalue weighted by atomic mass is 10.2. The lowest BCUT2D eigenvalue weighted by molar-refractivity contribution is -0.137. The molecule has 87 valence electrons. The molecule has 2 aromatic rings. The molecule has 1 heterocycles. The van der Waals surface area contributed by atoms with E-state index in [4.69, 9.17) is 5.11 Å². The Morgan fingerprint density at radius 1 is 1.47 bits per heavy atom. The molecule has 0 bridgehead atoms. The van der Waals surface area contributed by atoms with Gasteiger partial charge in [0.2, 0.25) is 0 Å². The first-order valence-corrected chi connectivity index (χ1v) is 5.11. The maximum Gasteiger partial charge on any atom is 0.326 e. The van der Waals surface area contributed by atoms with Gasteiger partial charge in [-0.25, -0.2) is 4.79 Å². The van der Waals surface area contributed by atoms with E-state index in [1.807, 2.05) is 24.3 Å². The summed E-state index contributed by atoms with van der Waals surface area (Å²) in [5, 5.41) is 9.80. The van der Waals surface area contributed by atoms with Gasteiger partial charge in [-0.1, -0.05) is 18.2 Å². The third-order valence-corrected chi connectivity index (χ3v) is 2.62. The van der Waals surface area contributed by atoms with Crippen LogP contribution in [-0.4, -0.2) is 28.5 Å². The van der Waals surface area contributed by atoms with Crippen LogP contribution in [0.25, 0.3) is 10.9 Å². The summed E-state index contributed by atoms with van der Waals surface area (Å²) in [6, 6.07) is 8.23. The number of carbonyl (C=O) groups excluding carboxylic acids is 1. The van der Waals surface area contributed by atoms with E-state index in [1.165, 1.54) is 6.92 Å². The molecule has 0 spiro atoms. The van der Waals surface area contributed by atoms with E-state index < -0.39 is 12.0 Å². The largest absolute Gasteiger partial charge is 0.480 e. The Morgan fingerprint density at radius 3 is 2.76 bits per heavy atom. The molecule has 5 nitrogen and oxygen atoms in total. The number of anilines is 1. The van der Waals surface area contributed by atoms with E-state index in [-0.39, 0.29) is 0 Å². The van der Waals surface area contributed by atoms with Gasteiger partial charge >= 0.3 is 12.4 Å². The fourth-order valence-corrected chi connectivity index (χ4v) is 1.64. The molecule has 0 saturated heterocycles. The number of aliphatic carboxylic acids is 1. The van der Waals surface area contributed by atoms with Crippen molar-refractivity contribution in [2.24, 2.45) is 0 Å². The summed E-state index contributed by atoms with van der Waals surface area (Å²) in [4.78, 5) is 25.7. The van der Waals surface area contributed by atoms with Crippen LogP contribution in [0, 0.1) is 0 Å². The van der Waals surface area contributed by atoms with Gasteiger partial charge in [0.25, 0.3) is 0 Å². The summed E-state index contributed by atoms with van der Waals surface area (Å²) in [6.45, 7) is 1.43. The monoisotopic (exact) mass is 231 g/mol. The molecule has 17 heavy (non-hydrogen) atoms. The molecule has 1 amide bonds. The number of rotatable bonds is 4. The predicted molar refractivity (Wildman–Crippen MR) is 63.6 cm³/mol. The zero-order chi connectivity index (χ0) is 12.4. The molecule has 0 saturated carbocycles. The molecule has 2 N–H and O–H groups in total. The van der Waals surface area contributed by atoms with E-state index >= 15 is 0 Å². The van der Waals surface area contributed by atoms with Crippen LogP contribution >= 0.6 is 0 Å². The summed E-state index contributed by atoms with van der Waals surface area (Å²) in [7, 11) is 0. The molecule has 0 aliphatic heterocycles. The van der Waals surface area contributed by atoms with E-state index in [1.54, 1.807) is 12.5 Å². The maximum absolute atomic E-state index is 10.9. The van der Waals surface area contributed by atoms with E-state index in [0.29, 0.717) is 5.82 Å². The highest BCUT2D eigenvalue weighted by atomic mass is 16.4. The van der Waals surface area contributed by atoms with E-state index in [2.05, 4.69) is 4.98 Å². The normalized spacial score (nSPS) is 12.3. The van der Waals surface area contributed by atoms with Crippen molar-refractivity contribution < 1.29 is 14.7 Å². The van der Waals surface area contributed by atoms with Gasteiger partial charge in [0.1, 0.15) is 11.9 Å². The molecular formula is C12H11N2O3. The number of aromatic nitrogens is 1. The van der Waals surface area contributed by atoms with Gasteiger partial charge in [-0.15, -0.1) is 0 Å². The first kappa shape index (κ1) is 11.2. The van der Waals surface area contributed by atoms with Crippen molar-refractivity contribution in [3.63, 3.8) is 0 Å². The average molecular weight is 231 g/mol. The van der Waals surface area contributed by atoms with Crippen molar-refractivity contribution in [3.8, 4) is 0 Å². The van der Waals surface area contributed by atoms with Gasteiger partial charge in [0.05, 0.1) is 0 Å². The number of carboxylic acid groups (broad SMARTS) is 1. The SMILES string of the molecule is CC(C(=O)O)N([C]=O)c1cc2ccccc2[nH]1. The number of H-pyrrole nitrogens is 1. The third-order valence-electron chi connectivity index (χ3n) is 2.62. The number of benzene rings is 1. The van der Waals surface area contributed by atoms with Gasteiger partial charge in [-0.05, 0) is 19.1 Å². The minimum Gasteiger partial charge on any atom is -0.480 e. The first-order valence-electron chi connectivity index (χ1n) is 5.11. The van der Waals surface area contributed by atoms with E-state index in [9.17, 15) is 9.59 Å². The summed E-state index contributed by atoms with van der Waals surface area (Å²) in [5.41, 5.74) is 0.848. The lowest BCUT2D eigenvalue weighted by Crippen LogP contribution is -2.38. The van der Waals surface area contributed by atoms with Crippen molar-refractivity contribution in [2.75, 3.05) is 4.90 Å². The quantitative estimate of drug-likeness (QED) is 0.783. The number of nitrogens with one attached hydrogen (secondary N) is 1. The second kappa shape index (κ2) is 4.29. The van der Waals surface area contributed by atoms with Gasteiger partial charge in [0.15, 0.2) is 0 Å². The lowest BCUT2D eigenvalue weighted by Gasteiger charge is -2.18. The smallest absolute Gasteiger partial charge is 0.326 e. The van der Waals surface area contributed by atoms with Crippen LogP contribution in [0.3, 0.4) is 0 Å². The van der Waals surface area contributed by atoms with Crippen molar-refractivity contribution in [2.45, 2.75) is 13.0 Å². The minimum atomic E-state index is -1.08. The highest BCUT2D eigenvalue weighted by Crippen LogP contribution is 2.22. The number of carboxylic acids is 1. The molecule has 1 atom stereocenters. The number of hydrogen-bond donors (Lipinski definition) is 2. The Balaban J connectivity index is 2.43. The van der Waals surface area contributed by atoms with Crippen LogP contribution in [0.4, 0.5) is 5.82 Å². The Kier molecular flexibility index (Phi) is 2.82. The number of carbonyl (C=O) groups is 1. The number of para-hydroxylation sites is 1. The molecule has 1 unspecified atom stereocenters. The number of hydrogen-bond acceptors (Lipinski definition) is 2. The molecule has 1 radical (unpaired) electrons. The second-order valence-corrected chi connectivity index (χ2v) is 3.72. The van der Waals surface area contributed by atoms with Gasteiger partial charge in [-0.3, -0.25) is 9.69 Å². The predicted octanol–water partition coefficient (Wildman–Crippen LogP) is 1.51. The number of amides is 1. The fraction of sp³-hybridized carbons (Fsp3) is 0.167. The Morgan fingerprint density at radius 2 is 2.18 bits per heavy atom. The second-order valence-electron chi connectivity index (χ2n) is 3.72. The van der Waals surface area contributed by atoms with Crippen LogP contribution in [0.15, 0.2) is 30.3 Å². The van der Waals surface area contributed by atoms with Gasteiger partial charge < -0.3 is 10.1 Å². The first-order chi connectivity index (χ1) is 8.13. The molecule has 0 aliphatic carbocycles. The number of nitrogens with zero attached hydrogens (tertiary/aromatic N) is 1. The van der Waals surface area contributed by atoms with Crippen molar-refractivity contribution in [3.05, 3.63) is 30.3 Å². The van der Waals surface area contributed by atoms with Crippen molar-refractivity contribution in [1.82, 2.24) is 4.98 Å². The standard InChI is InChI=1S/C12H11N2O3/c1-8(12(16)17)14(7-15)11-6-9-4-2-3-5-10(9)13-11/h2-6,8,13H,1H3,(H,16,17). The zero-order valence-corrected chi connectivity index (χ0v) is 9.18. The van der Waals surface area contributed by atoms with Crippen molar-refractivity contribution >= 4 is 29.1 Å². The molecule has 0 aliphatic rings. The molecule has 2 rings (SSSR count). The molecular weight excluding hydrogens is 220 g/mol. The van der Waals surface area contributed by atoms with Crippen LogP contribution in [0.1, 0.15) is 6.92 Å². The van der Waals surface area contributed by atoms with Gasteiger partial charge in [0, 0.05) is 10.9 Å². The Hall–Kier alpha value is -2.30. The van der Waals surface area contributed by atoms with Crippen LogP contribution in [0.5, 0.6) is 0 Å². The molecule has 1 aromatic heterocycles. The fourth-order valence-electron chi connectivity index (χ4n) is 1.64. The molecule has 0 fully saturated rings. The van der Waals surface area contributed by atoms with E-state index in [0.717, 1.165) is 15.8 Å². The maximum atomic E-state index is 10.9. The van der Waals surface area contributed by atoms with Crippen LogP contribution < -0.4 is 4.90 Å². The van der Waals surface area contributed by atoms with Crippen molar-refractivity contribution in [1.29, 1.82) is 0 Å². The topological polar surface area (TPSA) is 73.4 Å². The summed E-state index contributed by atoms with van der Waals surface area (Å²) in [6.07, 6.45) is 1.63. The Labute approximate surface area is 97.7 Å². The highest BCUT2D eigenvalue weighted by molar-refractivity contribution is 5.92. The Bertz CT molecular complexity index is 529.